The van der Waals surface area contributed by atoms with Crippen molar-refractivity contribution in [1.29, 1.82) is 0 Å². The second kappa shape index (κ2) is 7.47. The molecule has 1 rings (SSSR count). The van der Waals surface area contributed by atoms with Gasteiger partial charge in [0.15, 0.2) is 0 Å². The Morgan fingerprint density at radius 2 is 1.95 bits per heavy atom. The first kappa shape index (κ1) is 16.8. The van der Waals surface area contributed by atoms with Crippen LogP contribution in [0.4, 0.5) is 4.79 Å². The van der Waals surface area contributed by atoms with E-state index in [9.17, 15) is 9.59 Å². The van der Waals surface area contributed by atoms with E-state index in [1.807, 2.05) is 13.8 Å². The van der Waals surface area contributed by atoms with E-state index in [2.05, 4.69) is 10.6 Å². The van der Waals surface area contributed by atoms with Crippen LogP contribution in [0.25, 0.3) is 0 Å². The molecule has 0 unspecified atom stereocenters. The molecule has 1 aliphatic rings. The summed E-state index contributed by atoms with van der Waals surface area (Å²) in [5.41, 5.74) is -0.0801. The molecular weight excluding hydrogens is 260 g/mol. The summed E-state index contributed by atoms with van der Waals surface area (Å²) in [5, 5.41) is 14.4. The second-order valence-corrected chi connectivity index (χ2v) is 6.23. The first-order chi connectivity index (χ1) is 9.32. The van der Waals surface area contributed by atoms with Gasteiger partial charge in [-0.25, -0.2) is 4.79 Å². The molecule has 2 amide bonds. The average Bonchev–Trinajstić information content (AvgIpc) is 2.30. The molecule has 0 aromatic heterocycles. The van der Waals surface area contributed by atoms with Gasteiger partial charge < -0.3 is 20.5 Å². The van der Waals surface area contributed by atoms with Crippen LogP contribution in [0.2, 0.25) is 0 Å². The van der Waals surface area contributed by atoms with E-state index in [0.717, 1.165) is 19.3 Å². The molecule has 0 aliphatic heterocycles. The molecule has 3 N–H and O–H groups in total. The van der Waals surface area contributed by atoms with Crippen molar-refractivity contribution in [2.45, 2.75) is 58.1 Å². The number of urea groups is 1. The molecule has 6 nitrogen and oxygen atoms in total. The predicted octanol–water partition coefficient (Wildman–Crippen LogP) is 1.74. The van der Waals surface area contributed by atoms with E-state index in [1.54, 1.807) is 7.11 Å². The van der Waals surface area contributed by atoms with Crippen molar-refractivity contribution in [3.05, 3.63) is 0 Å². The van der Waals surface area contributed by atoms with Crippen LogP contribution < -0.4 is 10.6 Å². The Morgan fingerprint density at radius 3 is 2.50 bits per heavy atom. The maximum atomic E-state index is 11.6. The molecule has 1 saturated carbocycles. The van der Waals surface area contributed by atoms with Gasteiger partial charge in [-0.15, -0.1) is 0 Å². The monoisotopic (exact) mass is 286 g/mol. The Morgan fingerprint density at radius 1 is 1.30 bits per heavy atom. The van der Waals surface area contributed by atoms with Crippen LogP contribution in [-0.2, 0) is 9.53 Å². The van der Waals surface area contributed by atoms with Gasteiger partial charge in [0.1, 0.15) is 0 Å². The minimum atomic E-state index is -0.776. The smallest absolute Gasteiger partial charge is 0.315 e. The van der Waals surface area contributed by atoms with Crippen molar-refractivity contribution < 1.29 is 19.4 Å². The molecule has 0 atom stereocenters. The maximum Gasteiger partial charge on any atom is 0.315 e. The normalized spacial score (nSPS) is 21.9. The number of hydrogen-bond acceptors (Lipinski definition) is 3. The Bertz CT molecular complexity index is 338. The van der Waals surface area contributed by atoms with Crippen molar-refractivity contribution >= 4 is 12.0 Å². The standard InChI is InChI=1S/C14H26N2O4/c1-14(2,5-4-12(17)18)6-7-15-13(19)16-10-8-11(9-10)20-3/h10-11H,4-9H2,1-3H3,(H,17,18)(H2,15,16,19). The predicted molar refractivity (Wildman–Crippen MR) is 75.6 cm³/mol. The minimum Gasteiger partial charge on any atom is -0.481 e. The molecule has 0 spiro atoms. The zero-order valence-corrected chi connectivity index (χ0v) is 12.6. The summed E-state index contributed by atoms with van der Waals surface area (Å²) in [6, 6.07) is 0.0542. The van der Waals surface area contributed by atoms with E-state index >= 15 is 0 Å². The minimum absolute atomic E-state index is 0.0801. The molecule has 0 bridgehead atoms. The Labute approximate surface area is 120 Å². The van der Waals surface area contributed by atoms with E-state index in [1.165, 1.54) is 0 Å². The number of carbonyl (C=O) groups excluding carboxylic acids is 1. The lowest BCUT2D eigenvalue weighted by Crippen LogP contribution is -2.51. The highest BCUT2D eigenvalue weighted by molar-refractivity contribution is 5.74. The first-order valence-corrected chi connectivity index (χ1v) is 7.11. The fourth-order valence-corrected chi connectivity index (χ4v) is 2.20. The molecular formula is C14H26N2O4. The lowest BCUT2D eigenvalue weighted by atomic mass is 9.84. The molecule has 20 heavy (non-hydrogen) atoms. The number of rotatable bonds is 8. The number of amides is 2. The van der Waals surface area contributed by atoms with E-state index in [0.29, 0.717) is 13.0 Å². The summed E-state index contributed by atoms with van der Waals surface area (Å²) < 4.78 is 5.15. The summed E-state index contributed by atoms with van der Waals surface area (Å²) >= 11 is 0. The molecule has 0 radical (unpaired) electrons. The number of carboxylic acids is 1. The number of carboxylic acid groups (broad SMARTS) is 1. The van der Waals surface area contributed by atoms with Gasteiger partial charge in [-0.05, 0) is 31.1 Å². The summed E-state index contributed by atoms with van der Waals surface area (Å²) in [6.45, 7) is 4.59. The van der Waals surface area contributed by atoms with Crippen molar-refractivity contribution in [2.75, 3.05) is 13.7 Å². The van der Waals surface area contributed by atoms with Gasteiger partial charge in [-0.3, -0.25) is 4.79 Å². The fraction of sp³-hybridized carbons (Fsp3) is 0.857. The molecule has 1 fully saturated rings. The second-order valence-electron chi connectivity index (χ2n) is 6.23. The fourth-order valence-electron chi connectivity index (χ4n) is 2.20. The number of aliphatic carboxylic acids is 1. The van der Waals surface area contributed by atoms with Gasteiger partial charge in [-0.1, -0.05) is 13.8 Å². The molecule has 0 aromatic rings. The van der Waals surface area contributed by atoms with Crippen LogP contribution in [0, 0.1) is 5.41 Å². The zero-order valence-electron chi connectivity index (χ0n) is 12.6. The lowest BCUT2D eigenvalue weighted by molar-refractivity contribution is -0.137. The number of ether oxygens (including phenoxy) is 1. The van der Waals surface area contributed by atoms with Crippen molar-refractivity contribution in [1.82, 2.24) is 10.6 Å². The van der Waals surface area contributed by atoms with Crippen LogP contribution in [0.5, 0.6) is 0 Å². The van der Waals surface area contributed by atoms with Crippen LogP contribution in [0.3, 0.4) is 0 Å². The van der Waals surface area contributed by atoms with E-state index < -0.39 is 5.97 Å². The van der Waals surface area contributed by atoms with Crippen LogP contribution >= 0.6 is 0 Å². The average molecular weight is 286 g/mol. The number of carbonyl (C=O) groups is 2. The third-order valence-electron chi connectivity index (χ3n) is 3.87. The Hall–Kier alpha value is -1.30. The van der Waals surface area contributed by atoms with E-state index in [4.69, 9.17) is 9.84 Å². The zero-order chi connectivity index (χ0) is 15.2. The third-order valence-corrected chi connectivity index (χ3v) is 3.87. The van der Waals surface area contributed by atoms with Crippen LogP contribution in [0.1, 0.15) is 46.0 Å². The molecule has 0 aromatic carbocycles. The topological polar surface area (TPSA) is 87.7 Å². The van der Waals surface area contributed by atoms with Gasteiger partial charge >= 0.3 is 12.0 Å². The SMILES string of the molecule is COC1CC(NC(=O)NCCC(C)(C)CCC(=O)O)C1. The summed E-state index contributed by atoms with van der Waals surface area (Å²) in [4.78, 5) is 22.2. The van der Waals surface area contributed by atoms with Gasteiger partial charge in [-0.2, -0.15) is 0 Å². The van der Waals surface area contributed by atoms with Gasteiger partial charge in [0, 0.05) is 26.1 Å². The van der Waals surface area contributed by atoms with Gasteiger partial charge in [0.2, 0.25) is 0 Å². The van der Waals surface area contributed by atoms with Crippen molar-refractivity contribution in [3.8, 4) is 0 Å². The highest BCUT2D eigenvalue weighted by atomic mass is 16.5. The number of methoxy groups -OCH3 is 1. The van der Waals surface area contributed by atoms with Crippen molar-refractivity contribution in [2.24, 2.45) is 5.41 Å². The molecule has 116 valence electrons. The quantitative estimate of drug-likeness (QED) is 0.634. The Balaban J connectivity index is 2.10. The lowest BCUT2D eigenvalue weighted by Gasteiger charge is -2.34. The largest absolute Gasteiger partial charge is 0.481 e. The van der Waals surface area contributed by atoms with Crippen LogP contribution in [-0.4, -0.2) is 42.9 Å². The summed E-state index contributed by atoms with van der Waals surface area (Å²) in [5.74, 6) is -0.776. The van der Waals surface area contributed by atoms with Gasteiger partial charge in [0.05, 0.1) is 6.10 Å². The van der Waals surface area contributed by atoms with Crippen LogP contribution in [0.15, 0.2) is 0 Å². The highest BCUT2D eigenvalue weighted by Gasteiger charge is 2.30. The molecule has 1 aliphatic carbocycles. The van der Waals surface area contributed by atoms with E-state index in [-0.39, 0.29) is 30.0 Å². The van der Waals surface area contributed by atoms with Gasteiger partial charge in [0.25, 0.3) is 0 Å². The first-order valence-electron chi connectivity index (χ1n) is 7.11. The van der Waals surface area contributed by atoms with Crippen molar-refractivity contribution in [3.63, 3.8) is 0 Å². The highest BCUT2D eigenvalue weighted by Crippen LogP contribution is 2.26. The molecule has 6 heteroatoms. The Kier molecular flexibility index (Phi) is 6.26. The number of nitrogens with one attached hydrogen (secondary N) is 2. The molecule has 0 heterocycles. The summed E-state index contributed by atoms with van der Waals surface area (Å²) in [6.07, 6.45) is 3.56. The maximum absolute atomic E-state index is 11.6. The molecule has 0 saturated heterocycles. The number of hydrogen-bond donors (Lipinski definition) is 3. The summed E-state index contributed by atoms with van der Waals surface area (Å²) in [7, 11) is 1.68. The third kappa shape index (κ3) is 6.23.